The lowest BCUT2D eigenvalue weighted by Gasteiger charge is -2.21. The van der Waals surface area contributed by atoms with Gasteiger partial charge < -0.3 is 5.43 Å². The van der Waals surface area contributed by atoms with Gasteiger partial charge in [-0.3, -0.25) is 20.9 Å². The number of hydrogen-bond donors (Lipinski definition) is 2. The molecule has 6 nitrogen and oxygen atoms in total. The first kappa shape index (κ1) is 13.8. The van der Waals surface area contributed by atoms with Crippen molar-refractivity contribution >= 4 is 11.4 Å². The summed E-state index contributed by atoms with van der Waals surface area (Å²) in [6.07, 6.45) is 1.20. The highest BCUT2D eigenvalue weighted by Gasteiger charge is 2.26. The molecule has 104 valence electrons. The zero-order valence-corrected chi connectivity index (χ0v) is 11.3. The van der Waals surface area contributed by atoms with Crippen LogP contribution in [0.4, 0.5) is 11.4 Å². The summed E-state index contributed by atoms with van der Waals surface area (Å²) in [6, 6.07) is 5.62. The lowest BCUT2D eigenvalue weighted by atomic mass is 10.1. The van der Waals surface area contributed by atoms with Crippen LogP contribution in [0.1, 0.15) is 25.8 Å². The SMILES string of the molecule is CC1CC(C)N(Cc2ccc([N+](=O)[O-])c(NN)c2)C1. The summed E-state index contributed by atoms with van der Waals surface area (Å²) in [5.41, 5.74) is 3.81. The first-order valence-corrected chi connectivity index (χ1v) is 6.49. The molecule has 0 aromatic heterocycles. The number of anilines is 1. The highest BCUT2D eigenvalue weighted by Crippen LogP contribution is 2.28. The highest BCUT2D eigenvalue weighted by molar-refractivity contribution is 5.62. The van der Waals surface area contributed by atoms with Crippen LogP contribution in [0.5, 0.6) is 0 Å². The summed E-state index contributed by atoms with van der Waals surface area (Å²) in [6.45, 7) is 6.35. The fraction of sp³-hybridized carbons (Fsp3) is 0.538. The Hall–Kier alpha value is -1.66. The molecule has 0 spiro atoms. The number of benzene rings is 1. The number of nitrogens with one attached hydrogen (secondary N) is 1. The predicted molar refractivity (Wildman–Crippen MR) is 74.6 cm³/mol. The van der Waals surface area contributed by atoms with E-state index in [1.54, 1.807) is 12.1 Å². The molecule has 0 saturated carbocycles. The fourth-order valence-corrected chi connectivity index (χ4v) is 2.80. The second-order valence-electron chi connectivity index (χ2n) is 5.37. The van der Waals surface area contributed by atoms with Crippen molar-refractivity contribution in [3.63, 3.8) is 0 Å². The molecular weight excluding hydrogens is 244 g/mol. The molecule has 1 fully saturated rings. The fourth-order valence-electron chi connectivity index (χ4n) is 2.80. The third kappa shape index (κ3) is 3.02. The van der Waals surface area contributed by atoms with E-state index in [-0.39, 0.29) is 5.69 Å². The van der Waals surface area contributed by atoms with Crippen molar-refractivity contribution in [3.8, 4) is 0 Å². The Balaban J connectivity index is 2.15. The van der Waals surface area contributed by atoms with Crippen molar-refractivity contribution in [2.75, 3.05) is 12.0 Å². The van der Waals surface area contributed by atoms with E-state index in [9.17, 15) is 10.1 Å². The van der Waals surface area contributed by atoms with Crippen molar-refractivity contribution < 1.29 is 4.92 Å². The number of nitrogens with two attached hydrogens (primary N) is 1. The molecule has 2 atom stereocenters. The molecule has 0 bridgehead atoms. The number of nitrogens with zero attached hydrogens (tertiary/aromatic N) is 2. The highest BCUT2D eigenvalue weighted by atomic mass is 16.6. The molecule has 0 radical (unpaired) electrons. The third-order valence-corrected chi connectivity index (χ3v) is 3.71. The second kappa shape index (κ2) is 5.54. The minimum Gasteiger partial charge on any atom is -0.318 e. The molecule has 2 unspecified atom stereocenters. The predicted octanol–water partition coefficient (Wildman–Crippen LogP) is 2.11. The molecule has 1 aliphatic rings. The first-order chi connectivity index (χ1) is 9.01. The molecule has 1 saturated heterocycles. The maximum atomic E-state index is 10.8. The van der Waals surface area contributed by atoms with E-state index in [0.717, 1.165) is 18.7 Å². The average Bonchev–Trinajstić information content (AvgIpc) is 2.67. The van der Waals surface area contributed by atoms with Crippen LogP contribution in [-0.4, -0.2) is 22.4 Å². The minimum atomic E-state index is -0.431. The van der Waals surface area contributed by atoms with E-state index >= 15 is 0 Å². The van der Waals surface area contributed by atoms with Gasteiger partial charge in [0.2, 0.25) is 0 Å². The monoisotopic (exact) mass is 264 g/mol. The van der Waals surface area contributed by atoms with Crippen molar-refractivity contribution in [2.24, 2.45) is 11.8 Å². The molecular formula is C13H20N4O2. The maximum absolute atomic E-state index is 10.8. The van der Waals surface area contributed by atoms with Gasteiger partial charge in [0, 0.05) is 25.2 Å². The van der Waals surface area contributed by atoms with E-state index in [1.165, 1.54) is 12.5 Å². The third-order valence-electron chi connectivity index (χ3n) is 3.71. The van der Waals surface area contributed by atoms with E-state index < -0.39 is 4.92 Å². The molecule has 0 aliphatic carbocycles. The quantitative estimate of drug-likeness (QED) is 0.494. The average molecular weight is 264 g/mol. The van der Waals surface area contributed by atoms with E-state index in [0.29, 0.717) is 17.6 Å². The molecule has 1 aromatic rings. The molecule has 6 heteroatoms. The maximum Gasteiger partial charge on any atom is 0.293 e. The Bertz CT molecular complexity index is 478. The summed E-state index contributed by atoms with van der Waals surface area (Å²) in [4.78, 5) is 12.8. The van der Waals surface area contributed by atoms with E-state index in [4.69, 9.17) is 5.84 Å². The van der Waals surface area contributed by atoms with Crippen LogP contribution in [-0.2, 0) is 6.54 Å². The Morgan fingerprint density at radius 2 is 2.26 bits per heavy atom. The molecule has 0 amide bonds. The van der Waals surface area contributed by atoms with Crippen molar-refractivity contribution in [1.29, 1.82) is 0 Å². The first-order valence-electron chi connectivity index (χ1n) is 6.49. The van der Waals surface area contributed by atoms with Crippen LogP contribution in [0.2, 0.25) is 0 Å². The van der Waals surface area contributed by atoms with Gasteiger partial charge in [-0.2, -0.15) is 0 Å². The van der Waals surface area contributed by atoms with Gasteiger partial charge in [-0.25, -0.2) is 0 Å². The van der Waals surface area contributed by atoms with Crippen LogP contribution in [0.25, 0.3) is 0 Å². The van der Waals surface area contributed by atoms with E-state index in [2.05, 4.69) is 24.2 Å². The number of hydrazine groups is 1. The Labute approximate surface area is 112 Å². The number of rotatable bonds is 4. The van der Waals surface area contributed by atoms with E-state index in [1.807, 2.05) is 0 Å². The topological polar surface area (TPSA) is 84.4 Å². The lowest BCUT2D eigenvalue weighted by Crippen LogP contribution is -2.26. The standard InChI is InChI=1S/C13H20N4O2/c1-9-5-10(2)16(7-9)8-11-3-4-13(17(18)19)12(6-11)15-14/h3-4,6,9-10,15H,5,7-8,14H2,1-2H3. The van der Waals surface area contributed by atoms with Gasteiger partial charge in [-0.1, -0.05) is 13.0 Å². The molecule has 1 heterocycles. The van der Waals surface area contributed by atoms with Gasteiger partial charge in [0.05, 0.1) is 4.92 Å². The molecule has 2 rings (SSSR count). The number of nitrogen functional groups attached to an aromatic ring is 1. The summed E-state index contributed by atoms with van der Waals surface area (Å²) in [7, 11) is 0. The van der Waals surface area contributed by atoms with Gasteiger partial charge in [0.1, 0.15) is 5.69 Å². The summed E-state index contributed by atoms with van der Waals surface area (Å²) < 4.78 is 0. The van der Waals surface area contributed by atoms with Gasteiger partial charge in [0.15, 0.2) is 0 Å². The number of nitro groups is 1. The normalized spacial score (nSPS) is 23.5. The summed E-state index contributed by atoms with van der Waals surface area (Å²) in [5.74, 6) is 6.06. The molecule has 1 aromatic carbocycles. The summed E-state index contributed by atoms with van der Waals surface area (Å²) in [5, 5.41) is 10.8. The van der Waals surface area contributed by atoms with Gasteiger partial charge in [0.25, 0.3) is 5.69 Å². The Morgan fingerprint density at radius 1 is 1.53 bits per heavy atom. The van der Waals surface area contributed by atoms with Crippen LogP contribution >= 0.6 is 0 Å². The van der Waals surface area contributed by atoms with Gasteiger partial charge >= 0.3 is 0 Å². The van der Waals surface area contributed by atoms with Crippen molar-refractivity contribution in [1.82, 2.24) is 4.90 Å². The van der Waals surface area contributed by atoms with Crippen molar-refractivity contribution in [3.05, 3.63) is 33.9 Å². The van der Waals surface area contributed by atoms with Gasteiger partial charge in [-0.15, -0.1) is 0 Å². The zero-order valence-electron chi connectivity index (χ0n) is 11.3. The minimum absolute atomic E-state index is 0.00842. The lowest BCUT2D eigenvalue weighted by molar-refractivity contribution is -0.384. The smallest absolute Gasteiger partial charge is 0.293 e. The Morgan fingerprint density at radius 3 is 2.79 bits per heavy atom. The summed E-state index contributed by atoms with van der Waals surface area (Å²) >= 11 is 0. The number of hydrogen-bond acceptors (Lipinski definition) is 5. The van der Waals surface area contributed by atoms with Gasteiger partial charge in [-0.05, 0) is 30.9 Å². The number of likely N-dealkylation sites (tertiary alicyclic amines) is 1. The van der Waals surface area contributed by atoms with Crippen LogP contribution < -0.4 is 11.3 Å². The van der Waals surface area contributed by atoms with Crippen molar-refractivity contribution in [2.45, 2.75) is 32.9 Å². The Kier molecular flexibility index (Phi) is 4.01. The molecule has 19 heavy (non-hydrogen) atoms. The number of nitro benzene ring substituents is 1. The van der Waals surface area contributed by atoms with Crippen LogP contribution in [0.3, 0.4) is 0 Å². The van der Waals surface area contributed by atoms with Crippen LogP contribution in [0, 0.1) is 16.0 Å². The second-order valence-corrected chi connectivity index (χ2v) is 5.37. The molecule has 1 aliphatic heterocycles. The zero-order chi connectivity index (χ0) is 14.0. The molecule has 3 N–H and O–H groups in total. The largest absolute Gasteiger partial charge is 0.318 e. The van der Waals surface area contributed by atoms with Crippen LogP contribution in [0.15, 0.2) is 18.2 Å².